The van der Waals surface area contributed by atoms with Crippen molar-refractivity contribution < 1.29 is 30.3 Å². The molecule has 0 radical (unpaired) electrons. The average molecular weight is 507 g/mol. The SMILES string of the molecule is CC(C)(O)[C@@H](O)CC[C@@H](CO)[C@H]1CC[C@@]2(C)C3=C(C[C@H](O)[C@]12C)[C@@]1(C)CC(=O)[C@H](O)C(C)(C)[C@@H]1CC3. The van der Waals surface area contributed by atoms with E-state index < -0.39 is 34.7 Å². The Balaban J connectivity index is 1.70. The minimum absolute atomic E-state index is 0.00604. The molecule has 0 aromatic rings. The van der Waals surface area contributed by atoms with Crippen molar-refractivity contribution in [3.8, 4) is 0 Å². The number of aliphatic hydroxyl groups excluding tert-OH is 4. The van der Waals surface area contributed by atoms with Gasteiger partial charge in [0.1, 0.15) is 6.10 Å². The highest BCUT2D eigenvalue weighted by Gasteiger charge is 2.67. The number of hydrogen-bond donors (Lipinski definition) is 5. The highest BCUT2D eigenvalue weighted by atomic mass is 16.3. The van der Waals surface area contributed by atoms with Crippen molar-refractivity contribution in [2.75, 3.05) is 6.61 Å². The van der Waals surface area contributed by atoms with Crippen molar-refractivity contribution in [2.24, 2.45) is 39.4 Å². The van der Waals surface area contributed by atoms with Gasteiger partial charge in [-0.2, -0.15) is 0 Å². The van der Waals surface area contributed by atoms with Gasteiger partial charge in [-0.1, -0.05) is 45.8 Å². The summed E-state index contributed by atoms with van der Waals surface area (Å²) in [5.74, 6) is 0.128. The summed E-state index contributed by atoms with van der Waals surface area (Å²) in [5, 5.41) is 53.6. The van der Waals surface area contributed by atoms with Crippen molar-refractivity contribution in [3.63, 3.8) is 0 Å². The van der Waals surface area contributed by atoms with Gasteiger partial charge >= 0.3 is 0 Å². The summed E-state index contributed by atoms with van der Waals surface area (Å²) < 4.78 is 0. The minimum atomic E-state index is -1.19. The normalized spacial score (nSPS) is 44.1. The Morgan fingerprint density at radius 2 is 1.67 bits per heavy atom. The van der Waals surface area contributed by atoms with E-state index in [0.717, 1.165) is 25.7 Å². The van der Waals surface area contributed by atoms with E-state index in [2.05, 4.69) is 20.8 Å². The van der Waals surface area contributed by atoms with Crippen molar-refractivity contribution >= 4 is 5.78 Å². The number of Topliss-reactive ketones (excluding diaryl/α,β-unsaturated/α-hetero) is 1. The zero-order chi connectivity index (χ0) is 27.1. The van der Waals surface area contributed by atoms with Gasteiger partial charge in [0.25, 0.3) is 0 Å². The quantitative estimate of drug-likeness (QED) is 0.350. The van der Waals surface area contributed by atoms with E-state index in [4.69, 9.17) is 0 Å². The molecule has 0 bridgehead atoms. The van der Waals surface area contributed by atoms with E-state index in [1.54, 1.807) is 13.8 Å². The van der Waals surface area contributed by atoms with E-state index in [1.807, 2.05) is 13.8 Å². The summed E-state index contributed by atoms with van der Waals surface area (Å²) in [6, 6.07) is 0. The van der Waals surface area contributed by atoms with Gasteiger partial charge in [-0.25, -0.2) is 0 Å². The summed E-state index contributed by atoms with van der Waals surface area (Å²) in [4.78, 5) is 13.0. The lowest BCUT2D eigenvalue weighted by atomic mass is 9.42. The molecule has 2 fully saturated rings. The molecule has 0 aromatic carbocycles. The standard InChI is InChI=1S/C30H50O6/c1-26(2)22-10-9-19-20(28(22,5)15-21(32)25(26)35)14-24(34)30(7)18(12-13-29(19,30)6)17(16-31)8-11-23(33)27(3,4)36/h17-18,22-25,31,33-36H,8-16H2,1-7H3/t17-,18+,22-,23-,24-,25-,28+,29-,30-/m0/s1. The van der Waals surface area contributed by atoms with Crippen LogP contribution in [-0.2, 0) is 4.79 Å². The topological polar surface area (TPSA) is 118 Å². The fraction of sp³-hybridized carbons (Fsp3) is 0.900. The van der Waals surface area contributed by atoms with Crippen LogP contribution in [0.25, 0.3) is 0 Å². The molecule has 206 valence electrons. The minimum Gasteiger partial charge on any atom is -0.396 e. The zero-order valence-electron chi connectivity index (χ0n) is 23.5. The molecule has 6 nitrogen and oxygen atoms in total. The molecule has 4 rings (SSSR count). The van der Waals surface area contributed by atoms with Crippen molar-refractivity contribution in [3.05, 3.63) is 11.1 Å². The first-order chi connectivity index (χ1) is 16.5. The summed E-state index contributed by atoms with van der Waals surface area (Å²) >= 11 is 0. The molecule has 2 saturated carbocycles. The predicted octanol–water partition coefficient (Wildman–Crippen LogP) is 3.77. The van der Waals surface area contributed by atoms with E-state index in [1.165, 1.54) is 11.1 Å². The second-order valence-corrected chi connectivity index (χ2v) is 14.5. The van der Waals surface area contributed by atoms with Crippen molar-refractivity contribution in [1.82, 2.24) is 0 Å². The fourth-order valence-electron chi connectivity index (χ4n) is 9.55. The maximum absolute atomic E-state index is 13.0. The predicted molar refractivity (Wildman–Crippen MR) is 139 cm³/mol. The molecule has 36 heavy (non-hydrogen) atoms. The first-order valence-corrected chi connectivity index (χ1v) is 14.1. The third-order valence-electron chi connectivity index (χ3n) is 12.1. The van der Waals surface area contributed by atoms with Crippen molar-refractivity contribution in [2.45, 2.75) is 124 Å². The molecular weight excluding hydrogens is 456 g/mol. The van der Waals surface area contributed by atoms with E-state index in [0.29, 0.717) is 25.7 Å². The summed E-state index contributed by atoms with van der Waals surface area (Å²) in [6.07, 6.45) is 3.15. The fourth-order valence-corrected chi connectivity index (χ4v) is 9.55. The Morgan fingerprint density at radius 1 is 1.03 bits per heavy atom. The van der Waals surface area contributed by atoms with Crippen LogP contribution in [0, 0.1) is 39.4 Å². The van der Waals surface area contributed by atoms with Gasteiger partial charge in [0, 0.05) is 23.9 Å². The number of carbonyl (C=O) groups is 1. The first-order valence-electron chi connectivity index (χ1n) is 14.1. The Kier molecular flexibility index (Phi) is 6.96. The molecule has 0 unspecified atom stereocenters. The highest BCUT2D eigenvalue weighted by molar-refractivity contribution is 5.86. The first kappa shape index (κ1) is 28.2. The Morgan fingerprint density at radius 3 is 2.25 bits per heavy atom. The Labute approximate surface area is 217 Å². The van der Waals surface area contributed by atoms with Crippen LogP contribution in [0.15, 0.2) is 11.1 Å². The number of carbonyl (C=O) groups excluding carboxylic acids is 1. The monoisotopic (exact) mass is 506 g/mol. The summed E-state index contributed by atoms with van der Waals surface area (Å²) in [7, 11) is 0. The number of allylic oxidation sites excluding steroid dienone is 1. The zero-order valence-corrected chi connectivity index (χ0v) is 23.5. The smallest absolute Gasteiger partial charge is 0.162 e. The van der Waals surface area contributed by atoms with Gasteiger partial charge in [-0.05, 0) is 87.4 Å². The van der Waals surface area contributed by atoms with Gasteiger partial charge < -0.3 is 25.5 Å². The van der Waals surface area contributed by atoms with Crippen LogP contribution in [-0.4, -0.2) is 61.8 Å². The number of ketones is 1. The van der Waals surface area contributed by atoms with Crippen molar-refractivity contribution in [1.29, 1.82) is 0 Å². The number of hydrogen-bond acceptors (Lipinski definition) is 6. The lowest BCUT2D eigenvalue weighted by molar-refractivity contribution is -0.156. The van der Waals surface area contributed by atoms with Crippen LogP contribution in [0.1, 0.15) is 99.8 Å². The molecule has 0 amide bonds. The molecule has 5 N–H and O–H groups in total. The number of aliphatic hydroxyl groups is 5. The molecule has 0 saturated heterocycles. The third kappa shape index (κ3) is 3.80. The van der Waals surface area contributed by atoms with Crippen LogP contribution in [0.3, 0.4) is 0 Å². The molecule has 0 spiro atoms. The van der Waals surface area contributed by atoms with Crippen LogP contribution < -0.4 is 0 Å². The molecule has 6 heteroatoms. The highest BCUT2D eigenvalue weighted by Crippen LogP contribution is 2.72. The molecule has 4 aliphatic rings. The van der Waals surface area contributed by atoms with Crippen LogP contribution in [0.4, 0.5) is 0 Å². The second-order valence-electron chi connectivity index (χ2n) is 14.5. The van der Waals surface area contributed by atoms with E-state index in [9.17, 15) is 30.3 Å². The number of fused-ring (bicyclic) bond motifs is 4. The molecule has 0 aliphatic heterocycles. The third-order valence-corrected chi connectivity index (χ3v) is 12.1. The van der Waals surface area contributed by atoms with Crippen LogP contribution >= 0.6 is 0 Å². The van der Waals surface area contributed by atoms with Gasteiger partial charge in [-0.15, -0.1) is 0 Å². The molecule has 0 heterocycles. The lowest BCUT2D eigenvalue weighted by Crippen LogP contribution is -2.60. The lowest BCUT2D eigenvalue weighted by Gasteiger charge is -2.62. The van der Waals surface area contributed by atoms with Gasteiger partial charge in [0.15, 0.2) is 5.78 Å². The summed E-state index contributed by atoms with van der Waals surface area (Å²) in [5.41, 5.74) is -0.0471. The Bertz CT molecular complexity index is 917. The largest absolute Gasteiger partial charge is 0.396 e. The maximum atomic E-state index is 13.0. The van der Waals surface area contributed by atoms with Gasteiger partial charge in [0.2, 0.25) is 0 Å². The number of rotatable bonds is 6. The van der Waals surface area contributed by atoms with Crippen LogP contribution in [0.5, 0.6) is 0 Å². The second kappa shape index (κ2) is 8.87. The van der Waals surface area contributed by atoms with Gasteiger partial charge in [-0.3, -0.25) is 4.79 Å². The molecular formula is C30H50O6. The van der Waals surface area contributed by atoms with Crippen LogP contribution in [0.2, 0.25) is 0 Å². The Hall–Kier alpha value is -0.790. The molecule has 4 aliphatic carbocycles. The molecule has 9 atom stereocenters. The molecule has 0 aromatic heterocycles. The van der Waals surface area contributed by atoms with E-state index >= 15 is 0 Å². The van der Waals surface area contributed by atoms with E-state index in [-0.39, 0.29) is 41.0 Å². The summed E-state index contributed by atoms with van der Waals surface area (Å²) in [6.45, 7) is 13.9. The average Bonchev–Trinajstić information content (AvgIpc) is 3.06. The maximum Gasteiger partial charge on any atom is 0.162 e. The van der Waals surface area contributed by atoms with Gasteiger partial charge in [0.05, 0.1) is 17.8 Å².